The lowest BCUT2D eigenvalue weighted by atomic mass is 10.00. The van der Waals surface area contributed by atoms with Gasteiger partial charge in [0.25, 0.3) is 0 Å². The Bertz CT molecular complexity index is 509. The zero-order valence-corrected chi connectivity index (χ0v) is 10.3. The van der Waals surface area contributed by atoms with E-state index in [1.165, 1.54) is 6.07 Å². The van der Waals surface area contributed by atoms with Gasteiger partial charge in [0.2, 0.25) is 0 Å². The second-order valence-corrected chi connectivity index (χ2v) is 4.49. The van der Waals surface area contributed by atoms with E-state index in [4.69, 9.17) is 10.2 Å². The number of furan rings is 1. The second kappa shape index (κ2) is 4.39. The molecule has 4 heteroatoms. The molecule has 2 nitrogen and oxygen atoms in total. The highest BCUT2D eigenvalue weighted by Crippen LogP contribution is 2.27. The summed E-state index contributed by atoms with van der Waals surface area (Å²) in [5, 5.41) is 0. The van der Waals surface area contributed by atoms with Crippen molar-refractivity contribution in [2.75, 3.05) is 0 Å². The Kier molecular flexibility index (Phi) is 3.12. The van der Waals surface area contributed by atoms with E-state index in [1.807, 2.05) is 6.92 Å². The number of hydrogen-bond donors (Lipinski definition) is 1. The summed E-state index contributed by atoms with van der Waals surface area (Å²) < 4.78 is 19.6. The van der Waals surface area contributed by atoms with Gasteiger partial charge in [0, 0.05) is 15.6 Å². The normalized spacial score (nSPS) is 12.8. The summed E-state index contributed by atoms with van der Waals surface area (Å²) in [6, 6.07) is 5.99. The summed E-state index contributed by atoms with van der Waals surface area (Å²) in [4.78, 5) is 0. The van der Waals surface area contributed by atoms with Crippen molar-refractivity contribution in [2.24, 2.45) is 5.73 Å². The first kappa shape index (κ1) is 11.4. The van der Waals surface area contributed by atoms with Crippen LogP contribution in [0.2, 0.25) is 0 Å². The molecule has 1 heterocycles. The minimum Gasteiger partial charge on any atom is -0.469 e. The van der Waals surface area contributed by atoms with Gasteiger partial charge in [0.15, 0.2) is 0 Å². The molecule has 0 saturated carbocycles. The van der Waals surface area contributed by atoms with Gasteiger partial charge in [-0.25, -0.2) is 4.39 Å². The van der Waals surface area contributed by atoms with E-state index < -0.39 is 6.04 Å². The third-order valence-electron chi connectivity index (χ3n) is 2.53. The average molecular weight is 284 g/mol. The summed E-state index contributed by atoms with van der Waals surface area (Å²) in [6.45, 7) is 1.81. The van der Waals surface area contributed by atoms with Gasteiger partial charge in [-0.3, -0.25) is 0 Å². The SMILES string of the molecule is Cc1occc1C(N)c1cc(Br)ccc1F. The molecule has 0 fully saturated rings. The van der Waals surface area contributed by atoms with E-state index in [2.05, 4.69) is 15.9 Å². The van der Waals surface area contributed by atoms with E-state index in [0.717, 1.165) is 10.0 Å². The maximum absolute atomic E-state index is 13.6. The molecule has 1 aromatic heterocycles. The summed E-state index contributed by atoms with van der Waals surface area (Å²) in [5.74, 6) is 0.406. The smallest absolute Gasteiger partial charge is 0.128 e. The minimum absolute atomic E-state index is 0.309. The summed E-state index contributed by atoms with van der Waals surface area (Å²) in [7, 11) is 0. The van der Waals surface area contributed by atoms with Crippen molar-refractivity contribution in [2.45, 2.75) is 13.0 Å². The first-order valence-corrected chi connectivity index (χ1v) is 5.63. The Morgan fingerprint density at radius 2 is 2.06 bits per heavy atom. The number of hydrogen-bond acceptors (Lipinski definition) is 2. The van der Waals surface area contributed by atoms with Gasteiger partial charge in [0.1, 0.15) is 11.6 Å². The fourth-order valence-corrected chi connectivity index (χ4v) is 2.02. The fourth-order valence-electron chi connectivity index (χ4n) is 1.64. The van der Waals surface area contributed by atoms with Crippen LogP contribution in [-0.2, 0) is 0 Å². The number of rotatable bonds is 2. The molecule has 0 spiro atoms. The Morgan fingerprint density at radius 1 is 1.31 bits per heavy atom. The van der Waals surface area contributed by atoms with E-state index >= 15 is 0 Å². The monoisotopic (exact) mass is 283 g/mol. The molecule has 16 heavy (non-hydrogen) atoms. The molecule has 1 atom stereocenters. The third kappa shape index (κ3) is 2.03. The quantitative estimate of drug-likeness (QED) is 0.916. The van der Waals surface area contributed by atoms with Crippen LogP contribution in [0.1, 0.15) is 22.9 Å². The largest absolute Gasteiger partial charge is 0.469 e. The highest BCUT2D eigenvalue weighted by atomic mass is 79.9. The van der Waals surface area contributed by atoms with Crippen molar-refractivity contribution < 1.29 is 8.81 Å². The zero-order chi connectivity index (χ0) is 11.7. The molecule has 0 bridgehead atoms. The molecule has 0 aliphatic rings. The van der Waals surface area contributed by atoms with Crippen molar-refractivity contribution in [3.8, 4) is 0 Å². The van der Waals surface area contributed by atoms with Gasteiger partial charge >= 0.3 is 0 Å². The van der Waals surface area contributed by atoms with Gasteiger partial charge in [-0.2, -0.15) is 0 Å². The molecule has 0 saturated heterocycles. The molecule has 2 N–H and O–H groups in total. The summed E-state index contributed by atoms with van der Waals surface area (Å²) >= 11 is 3.30. The van der Waals surface area contributed by atoms with Crippen LogP contribution in [0.5, 0.6) is 0 Å². The Hall–Kier alpha value is -1.13. The molecule has 2 aromatic rings. The average Bonchev–Trinajstić information content (AvgIpc) is 2.67. The number of benzene rings is 1. The number of aryl methyl sites for hydroxylation is 1. The molecule has 0 amide bonds. The van der Waals surface area contributed by atoms with Crippen LogP contribution in [0.15, 0.2) is 39.4 Å². The molecular weight excluding hydrogens is 273 g/mol. The minimum atomic E-state index is -0.503. The fraction of sp³-hybridized carbons (Fsp3) is 0.167. The molecule has 0 radical (unpaired) electrons. The maximum atomic E-state index is 13.6. The Morgan fingerprint density at radius 3 is 2.69 bits per heavy atom. The van der Waals surface area contributed by atoms with Crippen LogP contribution < -0.4 is 5.73 Å². The number of halogens is 2. The van der Waals surface area contributed by atoms with Gasteiger partial charge in [-0.15, -0.1) is 0 Å². The van der Waals surface area contributed by atoms with Crippen LogP contribution in [0.25, 0.3) is 0 Å². The van der Waals surface area contributed by atoms with Crippen molar-refractivity contribution >= 4 is 15.9 Å². The van der Waals surface area contributed by atoms with Crippen molar-refractivity contribution in [1.82, 2.24) is 0 Å². The van der Waals surface area contributed by atoms with E-state index in [9.17, 15) is 4.39 Å². The standard InChI is InChI=1S/C12H11BrFNO/c1-7-9(4-5-16-7)12(15)10-6-8(13)2-3-11(10)14/h2-6,12H,15H2,1H3. The van der Waals surface area contributed by atoms with Crippen LogP contribution >= 0.6 is 15.9 Å². The van der Waals surface area contributed by atoms with Crippen molar-refractivity contribution in [3.05, 3.63) is 57.7 Å². The molecule has 1 aromatic carbocycles. The Balaban J connectivity index is 2.45. The van der Waals surface area contributed by atoms with E-state index in [1.54, 1.807) is 24.5 Å². The lowest BCUT2D eigenvalue weighted by Gasteiger charge is -2.12. The van der Waals surface area contributed by atoms with Gasteiger partial charge in [-0.1, -0.05) is 15.9 Å². The van der Waals surface area contributed by atoms with Gasteiger partial charge in [0.05, 0.1) is 12.3 Å². The maximum Gasteiger partial charge on any atom is 0.128 e. The molecule has 2 rings (SSSR count). The third-order valence-corrected chi connectivity index (χ3v) is 3.02. The summed E-state index contributed by atoms with van der Waals surface area (Å²) in [6.07, 6.45) is 1.56. The highest BCUT2D eigenvalue weighted by molar-refractivity contribution is 9.10. The van der Waals surface area contributed by atoms with E-state index in [-0.39, 0.29) is 5.82 Å². The second-order valence-electron chi connectivity index (χ2n) is 3.58. The lowest BCUT2D eigenvalue weighted by molar-refractivity contribution is 0.526. The summed E-state index contributed by atoms with van der Waals surface area (Å²) in [5.41, 5.74) is 7.27. The lowest BCUT2D eigenvalue weighted by Crippen LogP contribution is -2.13. The predicted octanol–water partition coefficient (Wildman–Crippen LogP) is 3.54. The van der Waals surface area contributed by atoms with Gasteiger partial charge in [-0.05, 0) is 31.2 Å². The number of nitrogens with two attached hydrogens (primary N) is 1. The molecule has 1 unspecified atom stereocenters. The Labute approximate surface area is 101 Å². The van der Waals surface area contributed by atoms with Gasteiger partial charge < -0.3 is 10.2 Å². The zero-order valence-electron chi connectivity index (χ0n) is 8.71. The molecule has 84 valence electrons. The van der Waals surface area contributed by atoms with Crippen LogP contribution in [0.4, 0.5) is 4.39 Å². The first-order valence-electron chi connectivity index (χ1n) is 4.84. The van der Waals surface area contributed by atoms with Crippen LogP contribution in [0.3, 0.4) is 0 Å². The molecule has 0 aliphatic carbocycles. The van der Waals surface area contributed by atoms with Crippen LogP contribution in [0, 0.1) is 12.7 Å². The van der Waals surface area contributed by atoms with E-state index in [0.29, 0.717) is 11.3 Å². The van der Waals surface area contributed by atoms with Crippen LogP contribution in [-0.4, -0.2) is 0 Å². The molecular formula is C12H11BrFNO. The highest BCUT2D eigenvalue weighted by Gasteiger charge is 2.17. The van der Waals surface area contributed by atoms with Crippen molar-refractivity contribution in [1.29, 1.82) is 0 Å². The van der Waals surface area contributed by atoms with Crippen molar-refractivity contribution in [3.63, 3.8) is 0 Å². The predicted molar refractivity (Wildman–Crippen MR) is 63.6 cm³/mol. The topological polar surface area (TPSA) is 39.2 Å². The first-order chi connectivity index (χ1) is 7.59. The molecule has 0 aliphatic heterocycles.